The summed E-state index contributed by atoms with van der Waals surface area (Å²) >= 11 is 8.86. The van der Waals surface area contributed by atoms with Crippen LogP contribution in [0, 0.1) is 11.8 Å². The van der Waals surface area contributed by atoms with Crippen molar-refractivity contribution in [3.8, 4) is 30.8 Å². The molecule has 8 rings (SSSR count). The van der Waals surface area contributed by atoms with Gasteiger partial charge >= 0.3 is 0 Å². The summed E-state index contributed by atoms with van der Waals surface area (Å²) < 4.78 is 10.3. The number of anilines is 3. The van der Waals surface area contributed by atoms with E-state index in [0.29, 0.717) is 11.8 Å². The Hall–Kier alpha value is -3.69. The molecular formula is C48H51BrN4S3. The van der Waals surface area contributed by atoms with Crippen LogP contribution < -0.4 is 4.90 Å². The molecule has 0 spiro atoms. The van der Waals surface area contributed by atoms with Crippen molar-refractivity contribution in [2.45, 2.75) is 97.3 Å². The van der Waals surface area contributed by atoms with E-state index in [1.54, 1.807) is 5.56 Å². The molecule has 0 saturated heterocycles. The molecule has 3 aromatic carbocycles. The summed E-state index contributed by atoms with van der Waals surface area (Å²) in [7, 11) is 0. The van der Waals surface area contributed by atoms with Gasteiger partial charge in [-0.3, -0.25) is 4.98 Å². The van der Waals surface area contributed by atoms with Gasteiger partial charge in [-0.05, 0) is 106 Å². The molecule has 0 radical (unpaired) electrons. The van der Waals surface area contributed by atoms with Gasteiger partial charge in [0.15, 0.2) is 0 Å². The number of pyridine rings is 1. The molecule has 4 heterocycles. The van der Waals surface area contributed by atoms with Crippen LogP contribution in [0.5, 0.6) is 0 Å². The van der Waals surface area contributed by atoms with Gasteiger partial charge in [0.25, 0.3) is 0 Å². The number of benzene rings is 3. The summed E-state index contributed by atoms with van der Waals surface area (Å²) in [5.74, 6) is 1.34. The third-order valence-corrected chi connectivity index (χ3v) is 15.6. The van der Waals surface area contributed by atoms with E-state index in [2.05, 4.69) is 150 Å². The van der Waals surface area contributed by atoms with Gasteiger partial charge in [-0.1, -0.05) is 128 Å². The van der Waals surface area contributed by atoms with Crippen LogP contribution in [0.2, 0.25) is 0 Å². The number of para-hydroxylation sites is 2. The third-order valence-electron chi connectivity index (χ3n) is 12.0. The highest BCUT2D eigenvalue weighted by atomic mass is 79.9. The average Bonchev–Trinajstić information content (AvgIpc) is 4.04. The first-order valence-electron chi connectivity index (χ1n) is 20.5. The molecule has 0 N–H and O–H groups in total. The molecule has 7 aromatic rings. The lowest BCUT2D eigenvalue weighted by molar-refractivity contribution is 0.266. The second-order valence-corrected chi connectivity index (χ2v) is 19.0. The van der Waals surface area contributed by atoms with E-state index in [1.165, 1.54) is 107 Å². The van der Waals surface area contributed by atoms with Gasteiger partial charge in [-0.15, -0.1) is 22.7 Å². The molecule has 1 aliphatic carbocycles. The van der Waals surface area contributed by atoms with Crippen LogP contribution in [0.4, 0.5) is 17.1 Å². The molecule has 0 amide bonds. The Morgan fingerprint density at radius 1 is 0.643 bits per heavy atom. The highest BCUT2D eigenvalue weighted by Crippen LogP contribution is 2.63. The predicted molar refractivity (Wildman–Crippen MR) is 246 cm³/mol. The standard InChI is InChI=1S/C48H51BrN4S3/c1-5-9-17-32(7-3)29-48(30-33(8-4)18-10-6-2)38-27-41(34-23-25-37(26-24-34)53(35-19-13-11-14-20-35)36-21-15-12-16-22-36)54-46(38)47-39(48)28-42(55-47)44-45-43(51-56-52-45)40(49)31-50-44/h11-16,19-28,31-33H,5-10,17-18,29-30H2,1-4H3. The molecule has 4 aromatic heterocycles. The molecule has 1 aliphatic rings. The maximum atomic E-state index is 4.99. The quantitative estimate of drug-likeness (QED) is 0.0915. The van der Waals surface area contributed by atoms with E-state index in [0.717, 1.165) is 38.3 Å². The number of fused-ring (bicyclic) bond motifs is 4. The monoisotopic (exact) mass is 858 g/mol. The molecule has 0 aliphatic heterocycles. The fraction of sp³-hybridized carbons (Fsp3) is 0.354. The predicted octanol–water partition coefficient (Wildman–Crippen LogP) is 16.3. The molecule has 0 saturated carbocycles. The zero-order valence-corrected chi connectivity index (χ0v) is 37.0. The van der Waals surface area contributed by atoms with Crippen molar-refractivity contribution >= 4 is 78.4 Å². The number of hydrogen-bond acceptors (Lipinski definition) is 7. The molecule has 8 heteroatoms. The van der Waals surface area contributed by atoms with Crippen molar-refractivity contribution in [2.24, 2.45) is 11.8 Å². The second-order valence-electron chi connectivity index (χ2n) is 15.5. The number of hydrogen-bond donors (Lipinski definition) is 0. The highest BCUT2D eigenvalue weighted by molar-refractivity contribution is 9.10. The van der Waals surface area contributed by atoms with E-state index >= 15 is 0 Å². The lowest BCUT2D eigenvalue weighted by Crippen LogP contribution is -2.31. The fourth-order valence-corrected chi connectivity index (χ4v) is 12.7. The Labute approximate surface area is 353 Å². The zero-order valence-electron chi connectivity index (χ0n) is 32.9. The van der Waals surface area contributed by atoms with E-state index < -0.39 is 0 Å². The van der Waals surface area contributed by atoms with Crippen molar-refractivity contribution in [2.75, 3.05) is 4.90 Å². The maximum Gasteiger partial charge on any atom is 0.133 e. The summed E-state index contributed by atoms with van der Waals surface area (Å²) in [5.41, 5.74) is 10.6. The summed E-state index contributed by atoms with van der Waals surface area (Å²) in [6.45, 7) is 9.52. The van der Waals surface area contributed by atoms with Crippen molar-refractivity contribution in [1.29, 1.82) is 0 Å². The Bertz CT molecular complexity index is 2310. The van der Waals surface area contributed by atoms with Crippen molar-refractivity contribution in [3.05, 3.63) is 119 Å². The lowest BCUT2D eigenvalue weighted by Gasteiger charge is -2.37. The molecule has 0 bridgehead atoms. The van der Waals surface area contributed by atoms with Gasteiger partial charge in [-0.25, -0.2) is 0 Å². The Morgan fingerprint density at radius 2 is 1.16 bits per heavy atom. The van der Waals surface area contributed by atoms with Crippen LogP contribution in [0.25, 0.3) is 41.8 Å². The Morgan fingerprint density at radius 3 is 1.71 bits per heavy atom. The lowest BCUT2D eigenvalue weighted by atomic mass is 9.65. The zero-order chi connectivity index (χ0) is 38.6. The number of thiophene rings is 2. The first-order valence-corrected chi connectivity index (χ1v) is 23.7. The fourth-order valence-electron chi connectivity index (χ4n) is 8.93. The van der Waals surface area contributed by atoms with Crippen molar-refractivity contribution in [1.82, 2.24) is 13.7 Å². The Balaban J connectivity index is 1.26. The summed E-state index contributed by atoms with van der Waals surface area (Å²) in [6.07, 6.45) is 14.4. The van der Waals surface area contributed by atoms with E-state index in [-0.39, 0.29) is 5.41 Å². The van der Waals surface area contributed by atoms with E-state index in [9.17, 15) is 0 Å². The summed E-state index contributed by atoms with van der Waals surface area (Å²) in [5, 5.41) is 0. The SMILES string of the molecule is CCCCC(CC)CC1(CC(CC)CCCC)c2cc(-c3ccc(N(c4ccccc4)c4ccccc4)cc3)sc2-c2sc(-c3ncc(Br)c4nsnc34)cc21. The average molecular weight is 860 g/mol. The first-order chi connectivity index (χ1) is 27.5. The Kier molecular flexibility index (Phi) is 12.2. The molecule has 56 heavy (non-hydrogen) atoms. The van der Waals surface area contributed by atoms with Gasteiger partial charge in [0, 0.05) is 43.3 Å². The van der Waals surface area contributed by atoms with Crippen LogP contribution in [0.15, 0.2) is 108 Å². The highest BCUT2D eigenvalue weighted by Gasteiger charge is 2.48. The molecule has 2 atom stereocenters. The molecule has 2 unspecified atom stereocenters. The minimum atomic E-state index is -0.0385. The minimum Gasteiger partial charge on any atom is -0.311 e. The topological polar surface area (TPSA) is 41.9 Å². The number of rotatable bonds is 17. The van der Waals surface area contributed by atoms with Gasteiger partial charge in [0.1, 0.15) is 16.7 Å². The summed E-state index contributed by atoms with van der Waals surface area (Å²) in [4.78, 5) is 12.8. The molecule has 0 fully saturated rings. The van der Waals surface area contributed by atoms with Gasteiger partial charge in [0.2, 0.25) is 0 Å². The van der Waals surface area contributed by atoms with E-state index in [1.807, 2.05) is 28.9 Å². The van der Waals surface area contributed by atoms with Crippen LogP contribution in [0.1, 0.15) is 103 Å². The smallest absolute Gasteiger partial charge is 0.133 e. The molecule has 288 valence electrons. The van der Waals surface area contributed by atoms with Gasteiger partial charge in [0.05, 0.1) is 21.1 Å². The van der Waals surface area contributed by atoms with Crippen LogP contribution in [-0.2, 0) is 5.41 Å². The van der Waals surface area contributed by atoms with Crippen LogP contribution in [0.3, 0.4) is 0 Å². The normalized spacial score (nSPS) is 15.9. The number of aromatic nitrogens is 3. The van der Waals surface area contributed by atoms with Crippen LogP contribution in [-0.4, -0.2) is 13.7 Å². The maximum absolute atomic E-state index is 4.99. The van der Waals surface area contributed by atoms with Gasteiger partial charge in [-0.2, -0.15) is 8.75 Å². The van der Waals surface area contributed by atoms with E-state index in [4.69, 9.17) is 9.36 Å². The number of nitrogens with zero attached hydrogens (tertiary/aromatic N) is 4. The number of halogens is 1. The second kappa shape index (κ2) is 17.4. The summed E-state index contributed by atoms with van der Waals surface area (Å²) in [6, 6.07) is 35.8. The van der Waals surface area contributed by atoms with Crippen molar-refractivity contribution < 1.29 is 0 Å². The van der Waals surface area contributed by atoms with Crippen molar-refractivity contribution in [3.63, 3.8) is 0 Å². The first kappa shape index (κ1) is 39.2. The third kappa shape index (κ3) is 7.55. The molecule has 4 nitrogen and oxygen atoms in total. The molecular weight excluding hydrogens is 809 g/mol. The largest absolute Gasteiger partial charge is 0.311 e. The van der Waals surface area contributed by atoms with Gasteiger partial charge < -0.3 is 4.90 Å². The minimum absolute atomic E-state index is 0.0385. The van der Waals surface area contributed by atoms with Crippen LogP contribution >= 0.6 is 50.3 Å². The number of unbranched alkanes of at least 4 members (excludes halogenated alkanes) is 2.